The molecule has 2 aliphatic heterocycles. The van der Waals surface area contributed by atoms with Crippen LogP contribution < -0.4 is 14.4 Å². The highest BCUT2D eigenvalue weighted by atomic mass is 16.5. The first-order chi connectivity index (χ1) is 19.8. The van der Waals surface area contributed by atoms with Crippen molar-refractivity contribution >= 4 is 28.4 Å². The summed E-state index contributed by atoms with van der Waals surface area (Å²) in [5.74, 6) is 2.68. The second-order valence-electron chi connectivity index (χ2n) is 10.8. The summed E-state index contributed by atoms with van der Waals surface area (Å²) in [6.07, 6.45) is 7.36. The van der Waals surface area contributed by atoms with E-state index in [0.717, 1.165) is 53.6 Å². The molecule has 0 saturated heterocycles. The van der Waals surface area contributed by atoms with Crippen LogP contribution in [0.4, 0.5) is 11.4 Å². The van der Waals surface area contributed by atoms with Crippen molar-refractivity contribution in [3.8, 4) is 17.2 Å². The number of benzene rings is 4. The van der Waals surface area contributed by atoms with Crippen LogP contribution in [-0.2, 0) is 6.42 Å². The molecule has 0 fully saturated rings. The van der Waals surface area contributed by atoms with E-state index in [4.69, 9.17) is 9.47 Å². The van der Waals surface area contributed by atoms with Gasteiger partial charge in [0, 0.05) is 28.8 Å². The van der Waals surface area contributed by atoms with Gasteiger partial charge in [-0.1, -0.05) is 60.7 Å². The lowest BCUT2D eigenvalue weighted by molar-refractivity contribution is 0.212. The van der Waals surface area contributed by atoms with Crippen molar-refractivity contribution in [1.82, 2.24) is 4.57 Å². The van der Waals surface area contributed by atoms with Crippen LogP contribution >= 0.6 is 0 Å². The van der Waals surface area contributed by atoms with Gasteiger partial charge in [0.2, 0.25) is 0 Å². The fourth-order valence-corrected chi connectivity index (χ4v) is 6.88. The van der Waals surface area contributed by atoms with E-state index >= 15 is 0 Å². The van der Waals surface area contributed by atoms with Crippen molar-refractivity contribution in [3.05, 3.63) is 143 Å². The van der Waals surface area contributed by atoms with Crippen LogP contribution in [-0.4, -0.2) is 10.7 Å². The van der Waals surface area contributed by atoms with Gasteiger partial charge in [-0.05, 0) is 78.6 Å². The van der Waals surface area contributed by atoms with Crippen molar-refractivity contribution in [3.63, 3.8) is 0 Å². The Labute approximate surface area is 232 Å². The van der Waals surface area contributed by atoms with Gasteiger partial charge < -0.3 is 18.9 Å². The van der Waals surface area contributed by atoms with E-state index in [1.807, 2.05) is 12.1 Å². The Bertz CT molecular complexity index is 1940. The third kappa shape index (κ3) is 3.07. The first kappa shape index (κ1) is 21.9. The topological polar surface area (TPSA) is 26.6 Å². The molecule has 40 heavy (non-hydrogen) atoms. The minimum absolute atomic E-state index is 0.105. The number of aromatic nitrogens is 1. The summed E-state index contributed by atoms with van der Waals surface area (Å²) in [4.78, 5) is 2.34. The zero-order valence-electron chi connectivity index (χ0n) is 21.9. The number of nitrogens with zero attached hydrogens (tertiary/aromatic N) is 2. The van der Waals surface area contributed by atoms with E-state index in [0.29, 0.717) is 0 Å². The van der Waals surface area contributed by atoms with E-state index in [2.05, 4.69) is 113 Å². The molecule has 4 aliphatic rings. The molecule has 5 aromatic rings. The molecule has 9 rings (SSSR count). The van der Waals surface area contributed by atoms with Gasteiger partial charge in [0.05, 0.1) is 16.9 Å². The molecule has 192 valence electrons. The first-order valence-corrected chi connectivity index (χ1v) is 14.0. The second kappa shape index (κ2) is 8.27. The molecule has 2 aliphatic carbocycles. The van der Waals surface area contributed by atoms with Crippen LogP contribution in [0.15, 0.2) is 132 Å². The number of rotatable bonds is 2. The van der Waals surface area contributed by atoms with Crippen molar-refractivity contribution in [2.45, 2.75) is 25.4 Å². The highest BCUT2D eigenvalue weighted by Gasteiger charge is 2.41. The standard InChI is InChI=1S/C36H26N2O2/c1-2-10-25(11-3-1)37-28-13-5-4-12-26(28)27-20-23(18-19-29(27)37)24-21-34-36-35(22-24)40-33-17-9-7-15-31(33)38(36)30-14-6-8-16-32(30)39-34/h1-17,20-21,35H,18-19,22H2. The number of anilines is 2. The van der Waals surface area contributed by atoms with E-state index in [9.17, 15) is 0 Å². The molecule has 4 heteroatoms. The van der Waals surface area contributed by atoms with Crippen LogP contribution in [0.1, 0.15) is 24.1 Å². The fourth-order valence-electron chi connectivity index (χ4n) is 6.88. The normalized spacial score (nSPS) is 18.5. The largest absolute Gasteiger partial charge is 0.481 e. The van der Waals surface area contributed by atoms with Gasteiger partial charge in [-0.15, -0.1) is 0 Å². The minimum Gasteiger partial charge on any atom is -0.481 e. The maximum Gasteiger partial charge on any atom is 0.151 e. The zero-order valence-corrected chi connectivity index (χ0v) is 21.9. The van der Waals surface area contributed by atoms with E-state index in [-0.39, 0.29) is 6.10 Å². The highest BCUT2D eigenvalue weighted by Crippen LogP contribution is 2.52. The van der Waals surface area contributed by atoms with Crippen LogP contribution in [0, 0.1) is 0 Å². The summed E-state index contributed by atoms with van der Waals surface area (Å²) < 4.78 is 15.7. The second-order valence-corrected chi connectivity index (χ2v) is 10.8. The molecule has 4 aromatic carbocycles. The Hall–Kier alpha value is -4.96. The van der Waals surface area contributed by atoms with E-state index < -0.39 is 0 Å². The van der Waals surface area contributed by atoms with Gasteiger partial charge in [-0.25, -0.2) is 0 Å². The molecule has 0 radical (unpaired) electrons. The maximum absolute atomic E-state index is 6.66. The molecule has 0 bridgehead atoms. The van der Waals surface area contributed by atoms with Crippen molar-refractivity contribution < 1.29 is 9.47 Å². The van der Waals surface area contributed by atoms with Crippen LogP contribution in [0.2, 0.25) is 0 Å². The van der Waals surface area contributed by atoms with Crippen LogP contribution in [0.3, 0.4) is 0 Å². The molecule has 1 unspecified atom stereocenters. The monoisotopic (exact) mass is 518 g/mol. The molecule has 0 amide bonds. The number of para-hydroxylation sites is 6. The van der Waals surface area contributed by atoms with E-state index in [1.54, 1.807) is 0 Å². The maximum atomic E-state index is 6.66. The average molecular weight is 519 g/mol. The zero-order chi connectivity index (χ0) is 26.2. The third-order valence-electron chi connectivity index (χ3n) is 8.60. The molecule has 1 aromatic heterocycles. The Morgan fingerprint density at radius 2 is 1.38 bits per heavy atom. The summed E-state index contributed by atoms with van der Waals surface area (Å²) >= 11 is 0. The Morgan fingerprint density at radius 1 is 0.650 bits per heavy atom. The quantitative estimate of drug-likeness (QED) is 0.234. The molecular formula is C36H26N2O2. The van der Waals surface area contributed by atoms with Gasteiger partial charge in [0.1, 0.15) is 17.6 Å². The summed E-state index contributed by atoms with van der Waals surface area (Å²) in [6.45, 7) is 0. The summed E-state index contributed by atoms with van der Waals surface area (Å²) in [5, 5.41) is 1.30. The van der Waals surface area contributed by atoms with Crippen molar-refractivity contribution in [2.75, 3.05) is 4.90 Å². The van der Waals surface area contributed by atoms with Crippen molar-refractivity contribution in [1.29, 1.82) is 0 Å². The summed E-state index contributed by atoms with van der Waals surface area (Å²) in [5.41, 5.74) is 11.1. The molecule has 0 saturated carbocycles. The molecular weight excluding hydrogens is 492 g/mol. The number of hydrogen-bond donors (Lipinski definition) is 0. The lowest BCUT2D eigenvalue weighted by Crippen LogP contribution is -2.40. The van der Waals surface area contributed by atoms with Crippen molar-refractivity contribution in [2.24, 2.45) is 0 Å². The Balaban J connectivity index is 1.20. The molecule has 1 atom stereocenters. The fraction of sp³-hybridized carbons (Fsp3) is 0.111. The molecule has 4 nitrogen and oxygen atoms in total. The van der Waals surface area contributed by atoms with Crippen LogP contribution in [0.25, 0.3) is 22.7 Å². The van der Waals surface area contributed by atoms with Gasteiger partial charge in [-0.3, -0.25) is 0 Å². The van der Waals surface area contributed by atoms with E-state index in [1.165, 1.54) is 39.0 Å². The lowest BCUT2D eigenvalue weighted by atomic mass is 9.84. The first-order valence-electron chi connectivity index (χ1n) is 14.0. The molecule has 3 heterocycles. The van der Waals surface area contributed by atoms with Gasteiger partial charge in [0.25, 0.3) is 0 Å². The summed E-state index contributed by atoms with van der Waals surface area (Å²) in [7, 11) is 0. The highest BCUT2D eigenvalue weighted by molar-refractivity contribution is 5.94. The van der Waals surface area contributed by atoms with Gasteiger partial charge >= 0.3 is 0 Å². The Kier molecular flexibility index (Phi) is 4.53. The van der Waals surface area contributed by atoms with Gasteiger partial charge in [0.15, 0.2) is 11.5 Å². The predicted octanol–water partition coefficient (Wildman–Crippen LogP) is 8.49. The number of hydrogen-bond acceptors (Lipinski definition) is 3. The lowest BCUT2D eigenvalue weighted by Gasteiger charge is -2.44. The SMILES string of the molecule is C1=C(C2=CC3=C4C(C2)Oc2ccccc2N4c2ccccc2O3)CCc2c1c1ccccc1n2-c1ccccc1. The predicted molar refractivity (Wildman–Crippen MR) is 159 cm³/mol. The number of ether oxygens (including phenoxy) is 2. The van der Waals surface area contributed by atoms with Crippen LogP contribution in [0.5, 0.6) is 11.5 Å². The third-order valence-corrected chi connectivity index (χ3v) is 8.60. The minimum atomic E-state index is -0.105. The smallest absolute Gasteiger partial charge is 0.151 e. The van der Waals surface area contributed by atoms with Gasteiger partial charge in [-0.2, -0.15) is 0 Å². The molecule has 0 N–H and O–H groups in total. The molecule has 0 spiro atoms. The number of fused-ring (bicyclic) bond motifs is 7. The summed E-state index contributed by atoms with van der Waals surface area (Å²) in [6, 6.07) is 36.1. The Morgan fingerprint density at radius 3 is 2.25 bits per heavy atom. The average Bonchev–Trinajstić information content (AvgIpc) is 3.35. The number of allylic oxidation sites excluding steroid dienone is 2.